The molecule has 0 aliphatic heterocycles. The fourth-order valence-electron chi connectivity index (χ4n) is 7.32. The molecule has 3 unspecified atom stereocenters. The molecule has 2 aromatic carbocycles. The molecule has 2 aromatic rings. The van der Waals surface area contributed by atoms with E-state index < -0.39 is 82.0 Å². The molecule has 0 bridgehead atoms. The number of nitrogens with two attached hydrogens (primary N) is 1. The summed E-state index contributed by atoms with van der Waals surface area (Å²) >= 11 is 0. The van der Waals surface area contributed by atoms with E-state index in [1.54, 1.807) is 37.3 Å². The first-order valence-electron chi connectivity index (χ1n) is 15.0. The minimum atomic E-state index is -2.81. The molecule has 46 heavy (non-hydrogen) atoms. The maximum Gasteiger partial charge on any atom is 0.307 e. The zero-order valence-electron chi connectivity index (χ0n) is 25.6. The number of ketones is 4. The van der Waals surface area contributed by atoms with Crippen molar-refractivity contribution < 1.29 is 48.5 Å². The number of aliphatic hydroxyl groups is 1. The highest BCUT2D eigenvalue weighted by Crippen LogP contribution is 2.51. The number of carbonyl (C=O) groups is 7. The molecule has 0 radical (unpaired) electrons. The van der Waals surface area contributed by atoms with Crippen LogP contribution < -0.4 is 11.1 Å². The quantitative estimate of drug-likeness (QED) is 0.228. The van der Waals surface area contributed by atoms with Gasteiger partial charge in [0.05, 0.1) is 30.6 Å². The SMILES string of the molecule is CCOC(=O)CCNC(=O)c1cccc(-c2ccc(O)c3c2C[C@H]2C[C@H]4C(N(C)C)C(=O)C(C(N)=O)C(=O)[C@@]4(O)C(=O)C2C3=O)c1. The molecule has 0 heterocycles. The van der Waals surface area contributed by atoms with E-state index in [4.69, 9.17) is 10.5 Å². The van der Waals surface area contributed by atoms with Crippen LogP contribution in [0.15, 0.2) is 36.4 Å². The standard InChI is InChI=1S/C33H35N3O10/c1-4-46-22(38)10-11-35-32(44)16-7-5-6-15(12-16)18-8-9-21(37)24-19(18)13-17-14-20-26(36(2)3)28(40)25(31(34)43)30(42)33(20,45)29(41)23(17)27(24)39/h5-9,12,17,20,23,25-26,37,45H,4,10-11,13-14H2,1-3H3,(H2,34,43)(H,35,44)/t17-,20-,23?,25?,26?,33-/m0/s1. The highest BCUT2D eigenvalue weighted by atomic mass is 16.5. The number of primary amides is 1. The molecule has 2 amide bonds. The van der Waals surface area contributed by atoms with Gasteiger partial charge in [0.25, 0.3) is 5.91 Å². The normalized spacial score (nSPS) is 27.0. The molecule has 0 saturated heterocycles. The van der Waals surface area contributed by atoms with Gasteiger partial charge in [0.15, 0.2) is 34.7 Å². The second kappa shape index (κ2) is 12.2. The van der Waals surface area contributed by atoms with Crippen molar-refractivity contribution in [2.24, 2.45) is 29.4 Å². The molecular weight excluding hydrogens is 598 g/mol. The fourth-order valence-corrected chi connectivity index (χ4v) is 7.32. The zero-order chi connectivity index (χ0) is 33.7. The van der Waals surface area contributed by atoms with Gasteiger partial charge in [0, 0.05) is 18.0 Å². The number of phenolic OH excluding ortho intramolecular Hbond substituents is 1. The molecule has 5 rings (SSSR count). The Kier molecular flexibility index (Phi) is 8.67. The number of phenols is 1. The molecule has 242 valence electrons. The predicted octanol–water partition coefficient (Wildman–Crippen LogP) is 0.217. The molecule has 3 aliphatic rings. The Hall–Kier alpha value is -4.75. The Balaban J connectivity index is 1.51. The minimum absolute atomic E-state index is 0.000687. The number of amides is 2. The number of nitrogens with one attached hydrogen (secondary N) is 1. The number of hydrogen-bond donors (Lipinski definition) is 4. The first kappa shape index (κ1) is 32.6. The molecule has 3 aliphatic carbocycles. The van der Waals surface area contributed by atoms with Gasteiger partial charge < -0.3 is 26.0 Å². The number of rotatable bonds is 8. The number of ether oxygens (including phenoxy) is 1. The predicted molar refractivity (Wildman–Crippen MR) is 160 cm³/mol. The maximum absolute atomic E-state index is 14.0. The van der Waals surface area contributed by atoms with Crippen molar-refractivity contribution in [3.63, 3.8) is 0 Å². The molecule has 2 saturated carbocycles. The number of fused-ring (bicyclic) bond motifs is 3. The number of esters is 1. The Morgan fingerprint density at radius 2 is 1.80 bits per heavy atom. The first-order chi connectivity index (χ1) is 21.7. The third-order valence-corrected chi connectivity index (χ3v) is 9.30. The topological polar surface area (TPSA) is 210 Å². The second-order valence-electron chi connectivity index (χ2n) is 12.2. The van der Waals surface area contributed by atoms with Crippen LogP contribution in [0.25, 0.3) is 11.1 Å². The average Bonchev–Trinajstić information content (AvgIpc) is 2.99. The molecule has 0 aromatic heterocycles. The van der Waals surface area contributed by atoms with Crippen LogP contribution >= 0.6 is 0 Å². The molecule has 6 atom stereocenters. The van der Waals surface area contributed by atoms with Gasteiger partial charge in [-0.25, -0.2) is 0 Å². The van der Waals surface area contributed by atoms with Crippen molar-refractivity contribution >= 4 is 40.9 Å². The third kappa shape index (κ3) is 5.18. The number of carbonyl (C=O) groups excluding carboxylic acids is 7. The van der Waals surface area contributed by atoms with Crippen LogP contribution in [0.4, 0.5) is 0 Å². The van der Waals surface area contributed by atoms with Gasteiger partial charge in [-0.05, 0) is 74.7 Å². The zero-order valence-corrected chi connectivity index (χ0v) is 25.6. The largest absolute Gasteiger partial charge is 0.507 e. The van der Waals surface area contributed by atoms with Gasteiger partial charge in [-0.2, -0.15) is 0 Å². The van der Waals surface area contributed by atoms with Crippen molar-refractivity contribution in [2.45, 2.75) is 37.8 Å². The Bertz CT molecular complexity index is 1680. The summed E-state index contributed by atoms with van der Waals surface area (Å²) in [6.07, 6.45) is -0.00720. The minimum Gasteiger partial charge on any atom is -0.507 e. The van der Waals surface area contributed by atoms with E-state index in [0.717, 1.165) is 0 Å². The number of likely N-dealkylation sites (N-methyl/N-ethyl adjacent to an activating group) is 1. The van der Waals surface area contributed by atoms with Crippen molar-refractivity contribution in [3.05, 3.63) is 53.1 Å². The number of aromatic hydroxyl groups is 1. The van der Waals surface area contributed by atoms with E-state index in [0.29, 0.717) is 16.7 Å². The van der Waals surface area contributed by atoms with Crippen molar-refractivity contribution in [1.29, 1.82) is 0 Å². The van der Waals surface area contributed by atoms with Gasteiger partial charge in [0.1, 0.15) is 5.75 Å². The summed E-state index contributed by atoms with van der Waals surface area (Å²) in [5.74, 6) is -12.2. The van der Waals surface area contributed by atoms with Gasteiger partial charge in [0.2, 0.25) is 5.91 Å². The Labute approximate surface area is 264 Å². The lowest BCUT2D eigenvalue weighted by Crippen LogP contribution is -2.74. The summed E-state index contributed by atoms with van der Waals surface area (Å²) in [5, 5.41) is 25.2. The summed E-state index contributed by atoms with van der Waals surface area (Å²) in [6, 6.07) is 8.21. The Morgan fingerprint density at radius 3 is 2.46 bits per heavy atom. The van der Waals surface area contributed by atoms with Crippen LogP contribution in [0.2, 0.25) is 0 Å². The van der Waals surface area contributed by atoms with E-state index in [1.807, 2.05) is 0 Å². The van der Waals surface area contributed by atoms with E-state index in [9.17, 15) is 43.8 Å². The smallest absolute Gasteiger partial charge is 0.307 e. The van der Waals surface area contributed by atoms with E-state index in [2.05, 4.69) is 5.32 Å². The molecule has 0 spiro atoms. The third-order valence-electron chi connectivity index (χ3n) is 9.30. The second-order valence-corrected chi connectivity index (χ2v) is 12.2. The van der Waals surface area contributed by atoms with Crippen LogP contribution in [-0.2, 0) is 35.1 Å². The van der Waals surface area contributed by atoms with Crippen molar-refractivity contribution in [3.8, 4) is 16.9 Å². The Morgan fingerprint density at radius 1 is 1.09 bits per heavy atom. The maximum atomic E-state index is 14.0. The van der Waals surface area contributed by atoms with Gasteiger partial charge >= 0.3 is 5.97 Å². The molecule has 5 N–H and O–H groups in total. The molecule has 2 fully saturated rings. The molecule has 13 nitrogen and oxygen atoms in total. The lowest BCUT2D eigenvalue weighted by atomic mass is 9.52. The summed E-state index contributed by atoms with van der Waals surface area (Å²) in [6.45, 7) is 1.98. The van der Waals surface area contributed by atoms with Crippen LogP contribution in [0.5, 0.6) is 5.75 Å². The highest BCUT2D eigenvalue weighted by Gasteiger charge is 2.69. The van der Waals surface area contributed by atoms with Gasteiger partial charge in [-0.1, -0.05) is 18.2 Å². The number of nitrogens with zero attached hydrogens (tertiary/aromatic N) is 1. The summed E-state index contributed by atoms with van der Waals surface area (Å²) < 4.78 is 4.87. The van der Waals surface area contributed by atoms with E-state index in [-0.39, 0.29) is 43.5 Å². The number of benzene rings is 2. The number of Topliss-reactive ketones (excluding diaryl/α,β-unsaturated/α-hetero) is 4. The monoisotopic (exact) mass is 633 g/mol. The molecular formula is C33H35N3O10. The average molecular weight is 634 g/mol. The summed E-state index contributed by atoms with van der Waals surface area (Å²) in [5.41, 5.74) is 4.15. The van der Waals surface area contributed by atoms with E-state index in [1.165, 1.54) is 25.1 Å². The molecule has 13 heteroatoms. The van der Waals surface area contributed by atoms with Crippen LogP contribution in [0.1, 0.15) is 46.0 Å². The summed E-state index contributed by atoms with van der Waals surface area (Å²) in [4.78, 5) is 92.8. The van der Waals surface area contributed by atoms with Crippen LogP contribution in [-0.4, -0.2) is 94.9 Å². The van der Waals surface area contributed by atoms with Gasteiger partial charge in [-0.3, -0.25) is 38.5 Å². The summed E-state index contributed by atoms with van der Waals surface area (Å²) in [7, 11) is 3.04. The van der Waals surface area contributed by atoms with Crippen molar-refractivity contribution in [1.82, 2.24) is 10.2 Å². The lowest BCUT2D eigenvalue weighted by molar-refractivity contribution is -0.181. The van der Waals surface area contributed by atoms with E-state index >= 15 is 0 Å². The lowest BCUT2D eigenvalue weighted by Gasteiger charge is -2.52. The van der Waals surface area contributed by atoms with Crippen LogP contribution in [0.3, 0.4) is 0 Å². The fraction of sp³-hybridized carbons (Fsp3) is 0.424. The van der Waals surface area contributed by atoms with Crippen molar-refractivity contribution in [2.75, 3.05) is 27.2 Å². The number of hydrogen-bond acceptors (Lipinski definition) is 11. The first-order valence-corrected chi connectivity index (χ1v) is 15.0. The van der Waals surface area contributed by atoms with Crippen LogP contribution in [0, 0.1) is 23.7 Å². The van der Waals surface area contributed by atoms with Gasteiger partial charge in [-0.15, -0.1) is 0 Å². The highest BCUT2D eigenvalue weighted by molar-refractivity contribution is 6.32.